The molecule has 0 aromatic heterocycles. The van der Waals surface area contributed by atoms with Crippen molar-refractivity contribution >= 4 is 27.5 Å². The molecule has 0 fully saturated rings. The molecular weight excluding hydrogens is 370 g/mol. The maximum atomic E-state index is 13.3. The first-order valence-electron chi connectivity index (χ1n) is 5.87. The van der Waals surface area contributed by atoms with Gasteiger partial charge in [0.05, 0.1) is 4.47 Å². The highest BCUT2D eigenvalue weighted by atomic mass is 79.9. The fourth-order valence-corrected chi connectivity index (χ4v) is 1.83. The van der Waals surface area contributed by atoms with Gasteiger partial charge in [0, 0.05) is 11.3 Å². The van der Waals surface area contributed by atoms with E-state index >= 15 is 0 Å². The van der Waals surface area contributed by atoms with Crippen molar-refractivity contribution in [3.63, 3.8) is 0 Å². The molecule has 3 nitrogen and oxygen atoms in total. The van der Waals surface area contributed by atoms with Gasteiger partial charge in [0.1, 0.15) is 11.6 Å². The van der Waals surface area contributed by atoms with Crippen LogP contribution in [0.2, 0.25) is 0 Å². The summed E-state index contributed by atoms with van der Waals surface area (Å²) in [6.45, 7) is 0. The lowest BCUT2D eigenvalue weighted by molar-refractivity contribution is -0.274. The molecule has 0 saturated heterocycles. The molecule has 0 atom stereocenters. The second-order valence-corrected chi connectivity index (χ2v) is 5.01. The number of hydrogen-bond donors (Lipinski definition) is 1. The molecule has 0 aliphatic rings. The molecule has 0 radical (unpaired) electrons. The van der Waals surface area contributed by atoms with Gasteiger partial charge in [0.25, 0.3) is 5.91 Å². The number of ether oxygens (including phenoxy) is 1. The summed E-state index contributed by atoms with van der Waals surface area (Å²) in [6, 6.07) is 8.44. The largest absolute Gasteiger partial charge is 0.573 e. The zero-order valence-corrected chi connectivity index (χ0v) is 12.3. The van der Waals surface area contributed by atoms with E-state index in [1.807, 2.05) is 0 Å². The number of amides is 1. The number of halogens is 5. The lowest BCUT2D eigenvalue weighted by atomic mass is 10.2. The van der Waals surface area contributed by atoms with Gasteiger partial charge in [-0.3, -0.25) is 4.79 Å². The molecule has 8 heteroatoms. The summed E-state index contributed by atoms with van der Waals surface area (Å²) >= 11 is 2.96. The standard InChI is InChI=1S/C14H8BrF4NO2/c15-11-6-1-8(7-12(11)16)13(21)20-9-2-4-10(5-3-9)22-14(17,18)19/h1-7H,(H,20,21). The minimum atomic E-state index is -4.78. The van der Waals surface area contributed by atoms with Crippen LogP contribution in [0, 0.1) is 5.82 Å². The second kappa shape index (κ2) is 6.35. The van der Waals surface area contributed by atoms with Crippen LogP contribution < -0.4 is 10.1 Å². The van der Waals surface area contributed by atoms with E-state index in [4.69, 9.17) is 0 Å². The number of rotatable bonds is 3. The zero-order chi connectivity index (χ0) is 16.3. The van der Waals surface area contributed by atoms with Gasteiger partial charge in [0.15, 0.2) is 0 Å². The number of hydrogen-bond acceptors (Lipinski definition) is 2. The molecule has 0 spiro atoms. The maximum absolute atomic E-state index is 13.3. The van der Waals surface area contributed by atoms with Crippen LogP contribution in [-0.2, 0) is 0 Å². The van der Waals surface area contributed by atoms with E-state index in [1.54, 1.807) is 0 Å². The van der Waals surface area contributed by atoms with Crippen molar-refractivity contribution in [2.24, 2.45) is 0 Å². The first kappa shape index (κ1) is 16.3. The number of nitrogens with one attached hydrogen (secondary N) is 1. The van der Waals surface area contributed by atoms with Crippen molar-refractivity contribution < 1.29 is 27.1 Å². The zero-order valence-electron chi connectivity index (χ0n) is 10.7. The Hall–Kier alpha value is -2.09. The topological polar surface area (TPSA) is 38.3 Å². The number of benzene rings is 2. The number of carbonyl (C=O) groups excluding carboxylic acids is 1. The SMILES string of the molecule is O=C(Nc1ccc(OC(F)(F)F)cc1)c1ccc(Br)c(F)c1. The highest BCUT2D eigenvalue weighted by molar-refractivity contribution is 9.10. The Labute approximate surface area is 131 Å². The highest BCUT2D eigenvalue weighted by Crippen LogP contribution is 2.24. The van der Waals surface area contributed by atoms with Gasteiger partial charge in [-0.1, -0.05) is 0 Å². The molecule has 2 rings (SSSR count). The average molecular weight is 378 g/mol. The highest BCUT2D eigenvalue weighted by Gasteiger charge is 2.30. The van der Waals surface area contributed by atoms with E-state index in [0.717, 1.165) is 18.2 Å². The Morgan fingerprint density at radius 2 is 1.73 bits per heavy atom. The van der Waals surface area contributed by atoms with Crippen molar-refractivity contribution in [1.29, 1.82) is 0 Å². The van der Waals surface area contributed by atoms with Gasteiger partial charge in [-0.15, -0.1) is 13.2 Å². The van der Waals surface area contributed by atoms with Crippen LogP contribution in [0.3, 0.4) is 0 Å². The van der Waals surface area contributed by atoms with Crippen molar-refractivity contribution in [1.82, 2.24) is 0 Å². The van der Waals surface area contributed by atoms with E-state index < -0.39 is 23.8 Å². The third-order valence-electron chi connectivity index (χ3n) is 2.53. The van der Waals surface area contributed by atoms with Crippen molar-refractivity contribution in [3.05, 3.63) is 58.3 Å². The van der Waals surface area contributed by atoms with Gasteiger partial charge >= 0.3 is 6.36 Å². The van der Waals surface area contributed by atoms with Crippen molar-refractivity contribution in [2.75, 3.05) is 5.32 Å². The molecular formula is C14H8BrF4NO2. The predicted octanol–water partition coefficient (Wildman–Crippen LogP) is 4.74. The van der Waals surface area contributed by atoms with Gasteiger partial charge < -0.3 is 10.1 Å². The molecule has 0 aliphatic carbocycles. The number of alkyl halides is 3. The van der Waals surface area contributed by atoms with Crippen LogP contribution in [-0.4, -0.2) is 12.3 Å². The van der Waals surface area contributed by atoms with E-state index in [1.165, 1.54) is 24.3 Å². The van der Waals surface area contributed by atoms with Crippen molar-refractivity contribution in [2.45, 2.75) is 6.36 Å². The van der Waals surface area contributed by atoms with E-state index in [9.17, 15) is 22.4 Å². The molecule has 2 aromatic carbocycles. The Morgan fingerprint density at radius 3 is 2.27 bits per heavy atom. The molecule has 22 heavy (non-hydrogen) atoms. The summed E-state index contributed by atoms with van der Waals surface area (Å²) in [5.41, 5.74) is 0.333. The molecule has 0 unspecified atom stereocenters. The van der Waals surface area contributed by atoms with E-state index in [0.29, 0.717) is 0 Å². The molecule has 0 bridgehead atoms. The lowest BCUT2D eigenvalue weighted by Gasteiger charge is -2.10. The minimum Gasteiger partial charge on any atom is -0.406 e. The third-order valence-corrected chi connectivity index (χ3v) is 3.17. The Morgan fingerprint density at radius 1 is 1.09 bits per heavy atom. The van der Waals surface area contributed by atoms with Gasteiger partial charge in [-0.25, -0.2) is 4.39 Å². The average Bonchev–Trinajstić information content (AvgIpc) is 2.42. The first-order chi connectivity index (χ1) is 10.2. The Balaban J connectivity index is 2.07. The molecule has 116 valence electrons. The Bertz CT molecular complexity index is 686. The molecule has 1 N–H and O–H groups in total. The van der Waals surface area contributed by atoms with E-state index in [2.05, 4.69) is 26.0 Å². The maximum Gasteiger partial charge on any atom is 0.573 e. The molecule has 0 heterocycles. The summed E-state index contributed by atoms with van der Waals surface area (Å²) in [5.74, 6) is -1.59. The second-order valence-electron chi connectivity index (χ2n) is 4.16. The normalized spacial score (nSPS) is 11.1. The lowest BCUT2D eigenvalue weighted by Crippen LogP contribution is -2.17. The smallest absolute Gasteiger partial charge is 0.406 e. The van der Waals surface area contributed by atoms with Crippen LogP contribution >= 0.6 is 15.9 Å². The third kappa shape index (κ3) is 4.45. The first-order valence-corrected chi connectivity index (χ1v) is 6.66. The quantitative estimate of drug-likeness (QED) is 0.784. The van der Waals surface area contributed by atoms with Crippen LogP contribution in [0.4, 0.5) is 23.2 Å². The summed E-state index contributed by atoms with van der Waals surface area (Å²) in [5, 5.41) is 2.44. The number of carbonyl (C=O) groups is 1. The minimum absolute atomic E-state index is 0.0799. The van der Waals surface area contributed by atoms with Gasteiger partial charge in [-0.05, 0) is 58.4 Å². The molecule has 1 amide bonds. The van der Waals surface area contributed by atoms with Crippen LogP contribution in [0.5, 0.6) is 5.75 Å². The molecule has 0 saturated carbocycles. The monoisotopic (exact) mass is 377 g/mol. The Kier molecular flexibility index (Phi) is 4.70. The predicted molar refractivity (Wildman–Crippen MR) is 75.2 cm³/mol. The molecule has 2 aromatic rings. The summed E-state index contributed by atoms with van der Waals surface area (Å²) in [7, 11) is 0. The van der Waals surface area contributed by atoms with Gasteiger partial charge in [0.2, 0.25) is 0 Å². The van der Waals surface area contributed by atoms with Crippen LogP contribution in [0.25, 0.3) is 0 Å². The van der Waals surface area contributed by atoms with Crippen LogP contribution in [0.1, 0.15) is 10.4 Å². The summed E-state index contributed by atoms with van der Waals surface area (Å²) < 4.78 is 53.3. The summed E-state index contributed by atoms with van der Waals surface area (Å²) in [6.07, 6.45) is -4.78. The number of anilines is 1. The van der Waals surface area contributed by atoms with Crippen LogP contribution in [0.15, 0.2) is 46.9 Å². The van der Waals surface area contributed by atoms with Crippen molar-refractivity contribution in [3.8, 4) is 5.75 Å². The fourth-order valence-electron chi connectivity index (χ4n) is 1.58. The summed E-state index contributed by atoms with van der Waals surface area (Å²) in [4.78, 5) is 11.9. The fraction of sp³-hybridized carbons (Fsp3) is 0.0714. The van der Waals surface area contributed by atoms with E-state index in [-0.39, 0.29) is 15.7 Å². The van der Waals surface area contributed by atoms with Gasteiger partial charge in [-0.2, -0.15) is 0 Å². The molecule has 0 aliphatic heterocycles.